The van der Waals surface area contributed by atoms with Crippen LogP contribution in [-0.2, 0) is 12.8 Å². The first kappa shape index (κ1) is 24.6. The van der Waals surface area contributed by atoms with Gasteiger partial charge >= 0.3 is 0 Å². The van der Waals surface area contributed by atoms with Crippen LogP contribution in [0.5, 0.6) is 11.5 Å². The molecule has 0 bridgehead atoms. The van der Waals surface area contributed by atoms with Crippen molar-refractivity contribution in [2.75, 3.05) is 26.5 Å². The summed E-state index contributed by atoms with van der Waals surface area (Å²) in [5, 5.41) is 2.84. The summed E-state index contributed by atoms with van der Waals surface area (Å²) >= 11 is 5.11. The van der Waals surface area contributed by atoms with E-state index < -0.39 is 0 Å². The van der Waals surface area contributed by atoms with Gasteiger partial charge in [0, 0.05) is 21.4 Å². The van der Waals surface area contributed by atoms with Gasteiger partial charge < -0.3 is 9.47 Å². The van der Waals surface area contributed by atoms with Crippen molar-refractivity contribution in [2.24, 2.45) is 4.99 Å². The van der Waals surface area contributed by atoms with Crippen molar-refractivity contribution in [3.05, 3.63) is 74.9 Å². The van der Waals surface area contributed by atoms with E-state index in [-0.39, 0.29) is 5.56 Å². The molecule has 0 spiro atoms. The minimum absolute atomic E-state index is 0.00523. The van der Waals surface area contributed by atoms with Gasteiger partial charge in [0.15, 0.2) is 5.16 Å². The van der Waals surface area contributed by atoms with Gasteiger partial charge in [-0.2, -0.15) is 0 Å². The summed E-state index contributed by atoms with van der Waals surface area (Å²) in [4.78, 5) is 26.1. The molecule has 6 nitrogen and oxygen atoms in total. The van der Waals surface area contributed by atoms with Crippen LogP contribution in [0.1, 0.15) is 28.8 Å². The molecule has 9 heteroatoms. The van der Waals surface area contributed by atoms with E-state index in [9.17, 15) is 4.79 Å². The maximum absolute atomic E-state index is 14.1. The summed E-state index contributed by atoms with van der Waals surface area (Å²) in [5.41, 5.74) is 3.04. The number of methoxy groups -OCH3 is 2. The Hall–Kier alpha value is -2.75. The van der Waals surface area contributed by atoms with Crippen molar-refractivity contribution in [1.29, 1.82) is 0 Å². The fraction of sp³-hybridized carbons (Fsp3) is 0.321. The lowest BCUT2D eigenvalue weighted by Gasteiger charge is -2.16. The van der Waals surface area contributed by atoms with Crippen LogP contribution in [0, 0.1) is 0 Å². The fourth-order valence-corrected chi connectivity index (χ4v) is 8.45. The number of thioether (sulfide) groups is 2. The quantitative estimate of drug-likeness (QED) is 0.208. The Balaban J connectivity index is 1.32. The largest absolute Gasteiger partial charge is 0.497 e. The van der Waals surface area contributed by atoms with Crippen LogP contribution in [0.25, 0.3) is 15.9 Å². The van der Waals surface area contributed by atoms with Crippen LogP contribution >= 0.6 is 34.9 Å². The standard InChI is InChI=1S/C28H27N3O3S3/c1-33-18-13-11-17(12-14-18)25-29-15-19(36-25)16-35-28-30-26-24(20-7-3-6-10-23(20)37-26)27(32)31(28)21-8-4-5-9-22(21)34-2/h4-5,8-9,11-14,19H,3,6-7,10,15-16H2,1-2H3. The second-order valence-electron chi connectivity index (χ2n) is 9.02. The molecular formula is C28H27N3O3S3. The summed E-state index contributed by atoms with van der Waals surface area (Å²) in [6.07, 6.45) is 4.29. The van der Waals surface area contributed by atoms with Gasteiger partial charge in [0.2, 0.25) is 0 Å². The highest BCUT2D eigenvalue weighted by Crippen LogP contribution is 2.37. The summed E-state index contributed by atoms with van der Waals surface area (Å²) in [6.45, 7) is 0.744. The second-order valence-corrected chi connectivity index (χ2v) is 12.4. The molecule has 2 aromatic heterocycles. The lowest BCUT2D eigenvalue weighted by atomic mass is 9.97. The Morgan fingerprint density at radius 1 is 1.05 bits per heavy atom. The molecule has 0 N–H and O–H groups in total. The van der Waals surface area contributed by atoms with Crippen LogP contribution in [0.3, 0.4) is 0 Å². The van der Waals surface area contributed by atoms with E-state index in [1.807, 2.05) is 48.5 Å². The Kier molecular flexibility index (Phi) is 7.01. The van der Waals surface area contributed by atoms with Gasteiger partial charge in [-0.3, -0.25) is 14.4 Å². The number of nitrogens with zero attached hydrogens (tertiary/aromatic N) is 3. The smallest absolute Gasteiger partial charge is 0.267 e. The number of hydrogen-bond acceptors (Lipinski definition) is 8. The molecule has 0 radical (unpaired) electrons. The number of ether oxygens (including phenoxy) is 2. The number of fused-ring (bicyclic) bond motifs is 3. The van der Waals surface area contributed by atoms with E-state index in [4.69, 9.17) is 19.5 Å². The molecule has 1 unspecified atom stereocenters. The van der Waals surface area contributed by atoms with Crippen LogP contribution in [-0.4, -0.2) is 46.4 Å². The lowest BCUT2D eigenvalue weighted by molar-refractivity contribution is 0.411. The average molecular weight is 550 g/mol. The molecule has 0 fully saturated rings. The summed E-state index contributed by atoms with van der Waals surface area (Å²) in [5.74, 6) is 2.30. The fourth-order valence-electron chi connectivity index (χ4n) is 4.87. The van der Waals surface area contributed by atoms with Crippen LogP contribution in [0.4, 0.5) is 0 Å². The Morgan fingerprint density at radius 2 is 1.86 bits per heavy atom. The van der Waals surface area contributed by atoms with Gasteiger partial charge in [0.25, 0.3) is 5.56 Å². The SMILES string of the molecule is COc1ccc(C2=NCC(CSc3nc4sc5c(c4c(=O)n3-c3ccccc3OC)CCCC5)S2)cc1. The highest BCUT2D eigenvalue weighted by Gasteiger charge is 2.26. The number of aromatic nitrogens is 2. The molecule has 2 aliphatic rings. The Morgan fingerprint density at radius 3 is 2.68 bits per heavy atom. The van der Waals surface area contributed by atoms with E-state index >= 15 is 0 Å². The maximum Gasteiger partial charge on any atom is 0.267 e. The van der Waals surface area contributed by atoms with Crippen molar-refractivity contribution in [3.8, 4) is 17.2 Å². The Bertz CT molecular complexity index is 1540. The summed E-state index contributed by atoms with van der Waals surface area (Å²) in [6, 6.07) is 15.7. The number of aliphatic imine (C=N–C) groups is 1. The second kappa shape index (κ2) is 10.6. The predicted molar refractivity (Wildman–Crippen MR) is 155 cm³/mol. The van der Waals surface area contributed by atoms with E-state index in [2.05, 4.69) is 0 Å². The lowest BCUT2D eigenvalue weighted by Crippen LogP contribution is -2.23. The van der Waals surface area contributed by atoms with Crippen molar-refractivity contribution in [1.82, 2.24) is 9.55 Å². The summed E-state index contributed by atoms with van der Waals surface area (Å²) in [7, 11) is 3.31. The highest BCUT2D eigenvalue weighted by molar-refractivity contribution is 8.16. The van der Waals surface area contributed by atoms with E-state index in [0.717, 1.165) is 63.8 Å². The molecule has 0 amide bonds. The molecule has 37 heavy (non-hydrogen) atoms. The number of rotatable bonds is 7. The van der Waals surface area contributed by atoms with Crippen molar-refractivity contribution < 1.29 is 9.47 Å². The van der Waals surface area contributed by atoms with Crippen molar-refractivity contribution >= 4 is 50.1 Å². The molecule has 1 aliphatic heterocycles. The van der Waals surface area contributed by atoms with Gasteiger partial charge in [0.1, 0.15) is 16.3 Å². The molecule has 0 saturated heterocycles. The zero-order chi connectivity index (χ0) is 25.4. The third-order valence-corrected chi connectivity index (χ3v) is 10.5. The number of para-hydroxylation sites is 2. The van der Waals surface area contributed by atoms with Crippen molar-refractivity contribution in [2.45, 2.75) is 36.1 Å². The monoisotopic (exact) mass is 549 g/mol. The third-order valence-electron chi connectivity index (χ3n) is 6.74. The topological polar surface area (TPSA) is 65.7 Å². The number of benzene rings is 2. The zero-order valence-corrected chi connectivity index (χ0v) is 23.2. The maximum atomic E-state index is 14.1. The number of hydrogen-bond donors (Lipinski definition) is 0. The molecule has 6 rings (SSSR count). The first-order valence-corrected chi connectivity index (χ1v) is 15.0. The minimum atomic E-state index is 0.00523. The predicted octanol–water partition coefficient (Wildman–Crippen LogP) is 6.00. The van der Waals surface area contributed by atoms with Crippen molar-refractivity contribution in [3.63, 3.8) is 0 Å². The van der Waals surface area contributed by atoms with Crippen LogP contribution in [0.15, 0.2) is 63.5 Å². The molecule has 3 heterocycles. The molecule has 1 aliphatic carbocycles. The minimum Gasteiger partial charge on any atom is -0.497 e. The van der Waals surface area contributed by atoms with Gasteiger partial charge in [-0.1, -0.05) is 23.9 Å². The van der Waals surface area contributed by atoms with Gasteiger partial charge in [-0.15, -0.1) is 23.1 Å². The normalized spacial score (nSPS) is 17.0. The highest BCUT2D eigenvalue weighted by atomic mass is 32.2. The molecule has 4 aromatic rings. The Labute approximate surface area is 228 Å². The van der Waals surface area contributed by atoms with E-state index in [1.165, 1.54) is 16.9 Å². The van der Waals surface area contributed by atoms with E-state index in [0.29, 0.717) is 16.2 Å². The first-order chi connectivity index (χ1) is 18.2. The van der Waals surface area contributed by atoms with E-state index in [1.54, 1.807) is 53.6 Å². The van der Waals surface area contributed by atoms with Gasteiger partial charge in [-0.25, -0.2) is 4.98 Å². The molecule has 0 saturated carbocycles. The van der Waals surface area contributed by atoms with Gasteiger partial charge in [0.05, 0.1) is 36.9 Å². The van der Waals surface area contributed by atoms with Crippen LogP contribution in [0.2, 0.25) is 0 Å². The van der Waals surface area contributed by atoms with Crippen LogP contribution < -0.4 is 15.0 Å². The molecule has 190 valence electrons. The molecule has 1 atom stereocenters. The van der Waals surface area contributed by atoms with Gasteiger partial charge in [-0.05, 0) is 67.6 Å². The third kappa shape index (κ3) is 4.69. The number of aryl methyl sites for hydroxylation is 2. The summed E-state index contributed by atoms with van der Waals surface area (Å²) < 4.78 is 12.7. The molecular weight excluding hydrogens is 523 g/mol. The first-order valence-electron chi connectivity index (χ1n) is 12.3. The molecule has 2 aromatic carbocycles. The number of thiophene rings is 1. The average Bonchev–Trinajstić information content (AvgIpc) is 3.57. The zero-order valence-electron chi connectivity index (χ0n) is 20.7.